The first-order valence-electron chi connectivity index (χ1n) is 8.36. The van der Waals surface area contributed by atoms with Crippen LogP contribution in [0.2, 0.25) is 0 Å². The number of hydrogen-bond donors (Lipinski definition) is 2. The van der Waals surface area contributed by atoms with Crippen molar-refractivity contribution in [2.75, 3.05) is 23.3 Å². The van der Waals surface area contributed by atoms with Crippen LogP contribution in [0.4, 0.5) is 11.6 Å². The minimum absolute atomic E-state index is 0.103. The molecular weight excluding hydrogens is 336 g/mol. The lowest BCUT2D eigenvalue weighted by Crippen LogP contribution is -2.41. The van der Waals surface area contributed by atoms with Crippen molar-refractivity contribution in [3.8, 4) is 0 Å². The number of aromatic amines is 1. The van der Waals surface area contributed by atoms with Gasteiger partial charge in [0.15, 0.2) is 11.5 Å². The first-order chi connectivity index (χ1) is 12.6. The number of anilines is 2. The van der Waals surface area contributed by atoms with Gasteiger partial charge in [-0.2, -0.15) is 5.10 Å². The van der Waals surface area contributed by atoms with Crippen LogP contribution in [0, 0.1) is 5.92 Å². The average molecular weight is 354 g/mol. The largest absolute Gasteiger partial charge is 0.354 e. The van der Waals surface area contributed by atoms with Crippen molar-refractivity contribution < 1.29 is 4.79 Å². The number of nitrogens with one attached hydrogen (secondary N) is 2. The Hall–Kier alpha value is -3.30. The number of carbonyl (C=O) groups is 1. The van der Waals surface area contributed by atoms with E-state index in [9.17, 15) is 9.59 Å². The SMILES string of the molecule is Cn1nc(N2CCC[C@@H](C(=O)Nc3ncnc4nc[nH]c34)C2)ccc1=O. The Morgan fingerprint density at radius 3 is 3.04 bits per heavy atom. The van der Waals surface area contributed by atoms with Crippen molar-refractivity contribution >= 4 is 28.7 Å². The fourth-order valence-corrected chi connectivity index (χ4v) is 3.14. The van der Waals surface area contributed by atoms with Gasteiger partial charge in [-0.15, -0.1) is 0 Å². The second-order valence-electron chi connectivity index (χ2n) is 6.25. The highest BCUT2D eigenvalue weighted by Crippen LogP contribution is 2.23. The summed E-state index contributed by atoms with van der Waals surface area (Å²) in [6.45, 7) is 1.33. The molecule has 3 aromatic heterocycles. The average Bonchev–Trinajstić information content (AvgIpc) is 3.14. The van der Waals surface area contributed by atoms with Gasteiger partial charge in [-0.3, -0.25) is 9.59 Å². The number of amides is 1. The molecule has 10 heteroatoms. The predicted octanol–water partition coefficient (Wildman–Crippen LogP) is 0.302. The molecule has 1 fully saturated rings. The van der Waals surface area contributed by atoms with E-state index in [1.165, 1.54) is 23.4 Å². The smallest absolute Gasteiger partial charge is 0.266 e. The molecule has 4 heterocycles. The maximum atomic E-state index is 12.7. The van der Waals surface area contributed by atoms with E-state index in [-0.39, 0.29) is 17.4 Å². The van der Waals surface area contributed by atoms with E-state index in [1.54, 1.807) is 13.1 Å². The molecule has 0 unspecified atom stereocenters. The fraction of sp³-hybridized carbons (Fsp3) is 0.375. The highest BCUT2D eigenvalue weighted by molar-refractivity contribution is 5.98. The third kappa shape index (κ3) is 3.01. The molecular formula is C16H18N8O2. The standard InChI is InChI=1S/C16H18N8O2/c1-23-12(25)5-4-11(22-23)24-6-2-3-10(7-24)16(26)21-15-13-14(18-8-17-13)19-9-20-15/h4-5,8-10H,2-3,6-7H2,1H3,(H2,17,18,19,20,21,26)/t10-/m1/s1. The summed E-state index contributed by atoms with van der Waals surface area (Å²) >= 11 is 0. The van der Waals surface area contributed by atoms with E-state index in [0.717, 1.165) is 19.4 Å². The van der Waals surface area contributed by atoms with Crippen molar-refractivity contribution in [2.45, 2.75) is 12.8 Å². The maximum Gasteiger partial charge on any atom is 0.266 e. The molecule has 0 aliphatic carbocycles. The van der Waals surface area contributed by atoms with E-state index in [4.69, 9.17) is 0 Å². The number of aryl methyl sites for hydroxylation is 1. The van der Waals surface area contributed by atoms with Gasteiger partial charge in [-0.25, -0.2) is 19.6 Å². The van der Waals surface area contributed by atoms with Crippen LogP contribution in [0.15, 0.2) is 29.6 Å². The van der Waals surface area contributed by atoms with Crippen molar-refractivity contribution in [1.29, 1.82) is 0 Å². The molecule has 0 spiro atoms. The summed E-state index contributed by atoms with van der Waals surface area (Å²) in [6.07, 6.45) is 4.54. The van der Waals surface area contributed by atoms with E-state index in [2.05, 4.69) is 30.4 Å². The van der Waals surface area contributed by atoms with Crippen molar-refractivity contribution in [1.82, 2.24) is 29.7 Å². The molecule has 0 bridgehead atoms. The summed E-state index contributed by atoms with van der Waals surface area (Å²) < 4.78 is 1.30. The highest BCUT2D eigenvalue weighted by Gasteiger charge is 2.27. The van der Waals surface area contributed by atoms with Crippen LogP contribution >= 0.6 is 0 Å². The van der Waals surface area contributed by atoms with Crippen LogP contribution in [0.1, 0.15) is 12.8 Å². The van der Waals surface area contributed by atoms with Crippen molar-refractivity contribution in [3.63, 3.8) is 0 Å². The Morgan fingerprint density at radius 1 is 1.31 bits per heavy atom. The van der Waals surface area contributed by atoms with E-state index in [1.807, 2.05) is 4.90 Å². The monoisotopic (exact) mass is 354 g/mol. The Bertz CT molecular complexity index is 1010. The first-order valence-corrected chi connectivity index (χ1v) is 8.36. The van der Waals surface area contributed by atoms with Crippen molar-refractivity contribution in [2.24, 2.45) is 13.0 Å². The molecule has 1 aliphatic rings. The maximum absolute atomic E-state index is 12.7. The van der Waals surface area contributed by atoms with Crippen molar-refractivity contribution in [3.05, 3.63) is 35.1 Å². The van der Waals surface area contributed by atoms with Crippen LogP contribution in [-0.2, 0) is 11.8 Å². The molecule has 2 N–H and O–H groups in total. The number of imidazole rings is 1. The number of rotatable bonds is 3. The predicted molar refractivity (Wildman–Crippen MR) is 94.7 cm³/mol. The van der Waals surface area contributed by atoms with Gasteiger partial charge in [-0.05, 0) is 18.9 Å². The van der Waals surface area contributed by atoms with Gasteiger partial charge in [0.05, 0.1) is 12.2 Å². The van der Waals surface area contributed by atoms with Gasteiger partial charge in [0.1, 0.15) is 17.7 Å². The lowest BCUT2D eigenvalue weighted by molar-refractivity contribution is -0.120. The zero-order valence-corrected chi connectivity index (χ0v) is 14.2. The van der Waals surface area contributed by atoms with Crippen LogP contribution in [-0.4, -0.2) is 48.7 Å². The lowest BCUT2D eigenvalue weighted by atomic mass is 9.97. The van der Waals surface area contributed by atoms with Crippen LogP contribution in [0.25, 0.3) is 11.2 Å². The molecule has 4 rings (SSSR count). The fourth-order valence-electron chi connectivity index (χ4n) is 3.14. The Kier molecular flexibility index (Phi) is 4.07. The second kappa shape index (κ2) is 6.54. The quantitative estimate of drug-likeness (QED) is 0.694. The van der Waals surface area contributed by atoms with E-state index < -0.39 is 0 Å². The molecule has 0 aromatic carbocycles. The number of nitrogens with zero attached hydrogens (tertiary/aromatic N) is 6. The summed E-state index contributed by atoms with van der Waals surface area (Å²) in [5.74, 6) is 0.822. The minimum Gasteiger partial charge on any atom is -0.354 e. The Labute approximate surface area is 148 Å². The molecule has 134 valence electrons. The van der Waals surface area contributed by atoms with Gasteiger partial charge in [-0.1, -0.05) is 0 Å². The summed E-state index contributed by atoms with van der Waals surface area (Å²) in [6, 6.07) is 3.18. The molecule has 1 saturated heterocycles. The molecule has 1 atom stereocenters. The zero-order valence-electron chi connectivity index (χ0n) is 14.2. The summed E-state index contributed by atoms with van der Waals surface area (Å²) in [5, 5.41) is 7.14. The molecule has 1 amide bonds. The third-order valence-electron chi connectivity index (χ3n) is 4.53. The van der Waals surface area contributed by atoms with Gasteiger partial charge in [0.2, 0.25) is 5.91 Å². The normalized spacial score (nSPS) is 17.4. The second-order valence-corrected chi connectivity index (χ2v) is 6.25. The van der Waals surface area contributed by atoms with Gasteiger partial charge in [0.25, 0.3) is 5.56 Å². The van der Waals surface area contributed by atoms with E-state index in [0.29, 0.717) is 29.3 Å². The molecule has 3 aromatic rings. The number of fused-ring (bicyclic) bond motifs is 1. The number of carbonyl (C=O) groups excluding carboxylic acids is 1. The molecule has 26 heavy (non-hydrogen) atoms. The molecule has 1 aliphatic heterocycles. The minimum atomic E-state index is -0.198. The number of H-pyrrole nitrogens is 1. The topological polar surface area (TPSA) is 122 Å². The Balaban J connectivity index is 1.50. The van der Waals surface area contributed by atoms with E-state index >= 15 is 0 Å². The van der Waals surface area contributed by atoms with Crippen LogP contribution in [0.3, 0.4) is 0 Å². The first kappa shape index (κ1) is 16.2. The van der Waals surface area contributed by atoms with Gasteiger partial charge in [0, 0.05) is 26.2 Å². The molecule has 0 radical (unpaired) electrons. The third-order valence-corrected chi connectivity index (χ3v) is 4.53. The summed E-state index contributed by atoms with van der Waals surface area (Å²) in [4.78, 5) is 41.4. The number of hydrogen-bond acceptors (Lipinski definition) is 7. The van der Waals surface area contributed by atoms with Crippen LogP contribution < -0.4 is 15.8 Å². The van der Waals surface area contributed by atoms with Gasteiger partial charge >= 0.3 is 0 Å². The van der Waals surface area contributed by atoms with Gasteiger partial charge < -0.3 is 15.2 Å². The summed E-state index contributed by atoms with van der Waals surface area (Å²) in [5.41, 5.74) is 0.954. The number of piperidine rings is 1. The number of aromatic nitrogens is 6. The zero-order chi connectivity index (χ0) is 18.1. The lowest BCUT2D eigenvalue weighted by Gasteiger charge is -2.32. The molecule has 10 nitrogen and oxygen atoms in total. The Morgan fingerprint density at radius 2 is 2.19 bits per heavy atom. The van der Waals surface area contributed by atoms with Crippen LogP contribution in [0.5, 0.6) is 0 Å². The summed E-state index contributed by atoms with van der Waals surface area (Å²) in [7, 11) is 1.62. The highest BCUT2D eigenvalue weighted by atomic mass is 16.2. The molecule has 0 saturated carbocycles.